The Morgan fingerprint density at radius 1 is 1.15 bits per heavy atom. The van der Waals surface area contributed by atoms with E-state index in [0.717, 1.165) is 19.0 Å². The van der Waals surface area contributed by atoms with Gasteiger partial charge in [0, 0.05) is 25.0 Å². The Balaban J connectivity index is 0.00000361. The maximum atomic E-state index is 4.65. The van der Waals surface area contributed by atoms with Crippen LogP contribution in [-0.4, -0.2) is 25.1 Å². The number of guanidine groups is 1. The van der Waals surface area contributed by atoms with Gasteiger partial charge in [0.25, 0.3) is 0 Å². The van der Waals surface area contributed by atoms with Gasteiger partial charge in [-0.25, -0.2) is 0 Å². The summed E-state index contributed by atoms with van der Waals surface area (Å²) in [5, 5.41) is 6.60. The smallest absolute Gasteiger partial charge is 0.191 e. The Bertz CT molecular complexity index is 399. The Hall–Kier alpha value is -0.780. The molecule has 0 heterocycles. The first-order chi connectivity index (χ1) is 9.02. The molecule has 0 amide bonds. The summed E-state index contributed by atoms with van der Waals surface area (Å²) in [5.74, 6) is 1.33. The van der Waals surface area contributed by atoms with Crippen molar-refractivity contribution in [1.82, 2.24) is 10.6 Å². The van der Waals surface area contributed by atoms with Crippen LogP contribution >= 0.6 is 24.0 Å². The highest BCUT2D eigenvalue weighted by molar-refractivity contribution is 14.0. The molecule has 4 heteroatoms. The SMILES string of the molecule is CCNC(=NCC(C)c1ccc(C)cc1)NC(C)C.I. The molecule has 114 valence electrons. The minimum absolute atomic E-state index is 0. The Morgan fingerprint density at radius 2 is 1.75 bits per heavy atom. The molecular formula is C16H28IN3. The second-order valence-corrected chi connectivity index (χ2v) is 5.33. The number of aryl methyl sites for hydroxylation is 1. The Kier molecular flexibility index (Phi) is 9.63. The van der Waals surface area contributed by atoms with E-state index in [-0.39, 0.29) is 24.0 Å². The van der Waals surface area contributed by atoms with E-state index in [1.54, 1.807) is 0 Å². The van der Waals surface area contributed by atoms with Gasteiger partial charge in [-0.1, -0.05) is 36.8 Å². The number of halogens is 1. The first kappa shape index (κ1) is 19.2. The molecule has 0 saturated heterocycles. The molecule has 0 spiro atoms. The fourth-order valence-electron chi connectivity index (χ4n) is 1.82. The first-order valence-corrected chi connectivity index (χ1v) is 7.14. The zero-order valence-corrected chi connectivity index (χ0v) is 15.6. The lowest BCUT2D eigenvalue weighted by Crippen LogP contribution is -2.41. The molecule has 1 unspecified atom stereocenters. The molecule has 2 N–H and O–H groups in total. The zero-order chi connectivity index (χ0) is 14.3. The van der Waals surface area contributed by atoms with Crippen molar-refractivity contribution >= 4 is 29.9 Å². The minimum Gasteiger partial charge on any atom is -0.357 e. The van der Waals surface area contributed by atoms with Crippen molar-refractivity contribution in [3.63, 3.8) is 0 Å². The molecule has 0 aliphatic rings. The summed E-state index contributed by atoms with van der Waals surface area (Å²) in [6, 6.07) is 9.10. The molecule has 0 aliphatic heterocycles. The monoisotopic (exact) mass is 389 g/mol. The standard InChI is InChI=1S/C16H27N3.HI/c1-6-17-16(19-12(2)3)18-11-14(5)15-9-7-13(4)8-10-15;/h7-10,12,14H,6,11H2,1-5H3,(H2,17,18,19);1H. The third kappa shape index (κ3) is 7.12. The fourth-order valence-corrected chi connectivity index (χ4v) is 1.82. The van der Waals surface area contributed by atoms with Crippen molar-refractivity contribution in [3.05, 3.63) is 35.4 Å². The predicted molar refractivity (Wildman–Crippen MR) is 99.3 cm³/mol. The van der Waals surface area contributed by atoms with E-state index in [1.807, 2.05) is 0 Å². The number of nitrogens with zero attached hydrogens (tertiary/aromatic N) is 1. The molecule has 3 nitrogen and oxygen atoms in total. The third-order valence-electron chi connectivity index (χ3n) is 2.94. The van der Waals surface area contributed by atoms with E-state index in [1.165, 1.54) is 11.1 Å². The van der Waals surface area contributed by atoms with E-state index in [4.69, 9.17) is 0 Å². The van der Waals surface area contributed by atoms with Crippen molar-refractivity contribution in [3.8, 4) is 0 Å². The van der Waals surface area contributed by atoms with Crippen LogP contribution in [0.3, 0.4) is 0 Å². The van der Waals surface area contributed by atoms with Crippen molar-refractivity contribution in [2.75, 3.05) is 13.1 Å². The average molecular weight is 389 g/mol. The summed E-state index contributed by atoms with van der Waals surface area (Å²) in [6.07, 6.45) is 0. The van der Waals surface area contributed by atoms with Gasteiger partial charge in [-0.2, -0.15) is 0 Å². The Morgan fingerprint density at radius 3 is 2.25 bits per heavy atom. The van der Waals surface area contributed by atoms with Crippen molar-refractivity contribution in [2.45, 2.75) is 46.6 Å². The molecule has 1 rings (SSSR count). The molecular weight excluding hydrogens is 361 g/mol. The molecule has 0 fully saturated rings. The molecule has 20 heavy (non-hydrogen) atoms. The van der Waals surface area contributed by atoms with E-state index in [9.17, 15) is 0 Å². The third-order valence-corrected chi connectivity index (χ3v) is 2.94. The van der Waals surface area contributed by atoms with E-state index < -0.39 is 0 Å². The zero-order valence-electron chi connectivity index (χ0n) is 13.2. The van der Waals surface area contributed by atoms with Crippen LogP contribution in [0.4, 0.5) is 0 Å². The number of aliphatic imine (C=N–C) groups is 1. The van der Waals surface area contributed by atoms with Gasteiger partial charge in [0.2, 0.25) is 0 Å². The topological polar surface area (TPSA) is 36.4 Å². The quantitative estimate of drug-likeness (QED) is 0.458. The van der Waals surface area contributed by atoms with Gasteiger partial charge in [-0.3, -0.25) is 4.99 Å². The van der Waals surface area contributed by atoms with Gasteiger partial charge in [0.05, 0.1) is 0 Å². The van der Waals surface area contributed by atoms with Gasteiger partial charge in [-0.15, -0.1) is 24.0 Å². The van der Waals surface area contributed by atoms with Crippen molar-refractivity contribution in [2.24, 2.45) is 4.99 Å². The summed E-state index contributed by atoms with van der Waals surface area (Å²) in [5.41, 5.74) is 2.64. The van der Waals surface area contributed by atoms with Crippen LogP contribution in [0.2, 0.25) is 0 Å². The van der Waals surface area contributed by atoms with Crippen LogP contribution in [0.5, 0.6) is 0 Å². The molecule has 1 atom stereocenters. The fraction of sp³-hybridized carbons (Fsp3) is 0.562. The molecule has 0 bridgehead atoms. The second kappa shape index (κ2) is 10.0. The normalized spacial score (nSPS) is 12.8. The van der Waals surface area contributed by atoms with Crippen LogP contribution in [0.1, 0.15) is 44.7 Å². The van der Waals surface area contributed by atoms with Gasteiger partial charge in [0.1, 0.15) is 0 Å². The van der Waals surface area contributed by atoms with E-state index in [0.29, 0.717) is 12.0 Å². The number of hydrogen-bond acceptors (Lipinski definition) is 1. The van der Waals surface area contributed by atoms with E-state index >= 15 is 0 Å². The summed E-state index contributed by atoms with van der Waals surface area (Å²) in [7, 11) is 0. The maximum Gasteiger partial charge on any atom is 0.191 e. The van der Waals surface area contributed by atoms with Crippen LogP contribution in [-0.2, 0) is 0 Å². The lowest BCUT2D eigenvalue weighted by molar-refractivity contribution is 0.690. The molecule has 1 aromatic rings. The summed E-state index contributed by atoms with van der Waals surface area (Å²) in [4.78, 5) is 4.65. The lowest BCUT2D eigenvalue weighted by atomic mass is 10.0. The largest absolute Gasteiger partial charge is 0.357 e. The Labute approximate surface area is 140 Å². The van der Waals surface area contributed by atoms with Crippen LogP contribution < -0.4 is 10.6 Å². The summed E-state index contributed by atoms with van der Waals surface area (Å²) >= 11 is 0. The molecule has 1 aromatic carbocycles. The van der Waals surface area contributed by atoms with Gasteiger partial charge >= 0.3 is 0 Å². The number of benzene rings is 1. The van der Waals surface area contributed by atoms with Crippen LogP contribution in [0.25, 0.3) is 0 Å². The van der Waals surface area contributed by atoms with Crippen molar-refractivity contribution in [1.29, 1.82) is 0 Å². The highest BCUT2D eigenvalue weighted by Gasteiger charge is 2.06. The molecule has 0 saturated carbocycles. The van der Waals surface area contributed by atoms with Crippen LogP contribution in [0.15, 0.2) is 29.3 Å². The van der Waals surface area contributed by atoms with Crippen molar-refractivity contribution < 1.29 is 0 Å². The average Bonchev–Trinajstić information content (AvgIpc) is 2.36. The number of hydrogen-bond donors (Lipinski definition) is 2. The summed E-state index contributed by atoms with van der Waals surface area (Å²) in [6.45, 7) is 12.3. The molecule has 0 radical (unpaired) electrons. The predicted octanol–water partition coefficient (Wildman–Crippen LogP) is 3.68. The maximum absolute atomic E-state index is 4.65. The van der Waals surface area contributed by atoms with Crippen LogP contribution in [0, 0.1) is 6.92 Å². The highest BCUT2D eigenvalue weighted by Crippen LogP contribution is 2.15. The van der Waals surface area contributed by atoms with E-state index in [2.05, 4.69) is 74.5 Å². The number of nitrogens with one attached hydrogen (secondary N) is 2. The lowest BCUT2D eigenvalue weighted by Gasteiger charge is -2.15. The molecule has 0 aliphatic carbocycles. The molecule has 0 aromatic heterocycles. The second-order valence-electron chi connectivity index (χ2n) is 5.33. The first-order valence-electron chi connectivity index (χ1n) is 7.14. The van der Waals surface area contributed by atoms with Gasteiger partial charge in [-0.05, 0) is 33.3 Å². The minimum atomic E-state index is 0. The summed E-state index contributed by atoms with van der Waals surface area (Å²) < 4.78 is 0. The van der Waals surface area contributed by atoms with Gasteiger partial charge < -0.3 is 10.6 Å². The number of rotatable bonds is 5. The highest BCUT2D eigenvalue weighted by atomic mass is 127. The van der Waals surface area contributed by atoms with Gasteiger partial charge in [0.15, 0.2) is 5.96 Å².